The molecule has 0 saturated carbocycles. The number of hydrogen-bond acceptors (Lipinski definition) is 3. The normalized spacial score (nSPS) is 11.9. The molecule has 0 bridgehead atoms. The highest BCUT2D eigenvalue weighted by Crippen LogP contribution is 2.22. The molecule has 1 N–H and O–H groups in total. The van der Waals surface area contributed by atoms with E-state index in [0.29, 0.717) is 0 Å². The minimum Gasteiger partial charge on any atom is -0.379 e. The van der Waals surface area contributed by atoms with Crippen LogP contribution in [0.3, 0.4) is 0 Å². The molecule has 2 rings (SSSR count). The molecular formula is C14H13BrN2O2. The Hall–Kier alpha value is -1.88. The second kappa shape index (κ2) is 5.84. The Balaban J connectivity index is 2.09. The number of nitrogens with one attached hydrogen (secondary N) is 1. The lowest BCUT2D eigenvalue weighted by Gasteiger charge is -2.15. The quantitative estimate of drug-likeness (QED) is 0.665. The third kappa shape index (κ3) is 3.54. The number of nitro groups is 1. The molecule has 2 aromatic rings. The molecule has 0 spiro atoms. The Morgan fingerprint density at radius 2 is 1.68 bits per heavy atom. The zero-order chi connectivity index (χ0) is 13.8. The minimum absolute atomic E-state index is 0.0852. The number of rotatable bonds is 4. The van der Waals surface area contributed by atoms with Crippen molar-refractivity contribution in [3.05, 3.63) is 68.7 Å². The summed E-state index contributed by atoms with van der Waals surface area (Å²) in [4.78, 5) is 10.2. The van der Waals surface area contributed by atoms with Crippen molar-refractivity contribution >= 4 is 27.3 Å². The number of nitrogens with zero attached hydrogens (tertiary/aromatic N) is 1. The van der Waals surface area contributed by atoms with E-state index in [9.17, 15) is 10.1 Å². The lowest BCUT2D eigenvalue weighted by molar-refractivity contribution is -0.384. The molecule has 1 unspecified atom stereocenters. The van der Waals surface area contributed by atoms with E-state index >= 15 is 0 Å². The molecule has 19 heavy (non-hydrogen) atoms. The summed E-state index contributed by atoms with van der Waals surface area (Å²) in [6, 6.07) is 14.6. The Bertz CT molecular complexity index is 567. The molecule has 98 valence electrons. The molecule has 1 atom stereocenters. The zero-order valence-corrected chi connectivity index (χ0v) is 11.9. The number of anilines is 1. The monoisotopic (exact) mass is 320 g/mol. The average molecular weight is 321 g/mol. The Kier molecular flexibility index (Phi) is 4.16. The van der Waals surface area contributed by atoms with E-state index in [0.717, 1.165) is 15.7 Å². The summed E-state index contributed by atoms with van der Waals surface area (Å²) in [6.45, 7) is 2.02. The van der Waals surface area contributed by atoms with Gasteiger partial charge in [0.2, 0.25) is 0 Å². The van der Waals surface area contributed by atoms with Crippen LogP contribution in [-0.4, -0.2) is 4.92 Å². The largest absolute Gasteiger partial charge is 0.379 e. The van der Waals surface area contributed by atoms with Crippen LogP contribution >= 0.6 is 15.9 Å². The molecule has 0 aliphatic heterocycles. The van der Waals surface area contributed by atoms with Gasteiger partial charge in [-0.05, 0) is 36.8 Å². The van der Waals surface area contributed by atoms with Crippen molar-refractivity contribution in [3.8, 4) is 0 Å². The van der Waals surface area contributed by atoms with Gasteiger partial charge in [-0.1, -0.05) is 28.1 Å². The Morgan fingerprint density at radius 1 is 1.11 bits per heavy atom. The highest BCUT2D eigenvalue weighted by atomic mass is 79.9. The number of hydrogen-bond donors (Lipinski definition) is 1. The van der Waals surface area contributed by atoms with Crippen molar-refractivity contribution in [3.63, 3.8) is 0 Å². The first-order valence-corrected chi connectivity index (χ1v) is 6.62. The van der Waals surface area contributed by atoms with E-state index in [1.165, 1.54) is 12.1 Å². The lowest BCUT2D eigenvalue weighted by atomic mass is 10.1. The van der Waals surface area contributed by atoms with Crippen molar-refractivity contribution in [1.82, 2.24) is 0 Å². The van der Waals surface area contributed by atoms with Crippen molar-refractivity contribution in [2.24, 2.45) is 0 Å². The van der Waals surface area contributed by atoms with Gasteiger partial charge in [0, 0.05) is 28.3 Å². The van der Waals surface area contributed by atoms with Gasteiger partial charge in [0.1, 0.15) is 0 Å². The van der Waals surface area contributed by atoms with Crippen LogP contribution in [0.2, 0.25) is 0 Å². The highest BCUT2D eigenvalue weighted by molar-refractivity contribution is 9.10. The van der Waals surface area contributed by atoms with Gasteiger partial charge in [0.25, 0.3) is 5.69 Å². The zero-order valence-electron chi connectivity index (χ0n) is 10.3. The predicted molar refractivity (Wildman–Crippen MR) is 79.3 cm³/mol. The van der Waals surface area contributed by atoms with Crippen LogP contribution in [0.4, 0.5) is 11.4 Å². The van der Waals surface area contributed by atoms with Crippen LogP contribution in [0.15, 0.2) is 53.0 Å². The number of halogens is 1. The average Bonchev–Trinajstić information content (AvgIpc) is 2.41. The summed E-state index contributed by atoms with van der Waals surface area (Å²) >= 11 is 3.39. The summed E-state index contributed by atoms with van der Waals surface area (Å²) in [5.41, 5.74) is 2.13. The summed E-state index contributed by atoms with van der Waals surface area (Å²) < 4.78 is 1.03. The maximum Gasteiger partial charge on any atom is 0.269 e. The van der Waals surface area contributed by atoms with Gasteiger partial charge in [0.15, 0.2) is 0 Å². The molecule has 0 aromatic heterocycles. The van der Waals surface area contributed by atoms with Crippen molar-refractivity contribution < 1.29 is 4.92 Å². The Morgan fingerprint density at radius 3 is 2.21 bits per heavy atom. The smallest absolute Gasteiger partial charge is 0.269 e. The van der Waals surface area contributed by atoms with Crippen LogP contribution in [-0.2, 0) is 0 Å². The molecular weight excluding hydrogens is 308 g/mol. The molecule has 0 heterocycles. The predicted octanol–water partition coefficient (Wildman–Crippen LogP) is 4.53. The van der Waals surface area contributed by atoms with Crippen LogP contribution in [0, 0.1) is 10.1 Å². The highest BCUT2D eigenvalue weighted by Gasteiger charge is 2.08. The maximum absolute atomic E-state index is 10.6. The first kappa shape index (κ1) is 13.5. The van der Waals surface area contributed by atoms with Gasteiger partial charge in [-0.25, -0.2) is 0 Å². The standard InChI is InChI=1S/C14H13BrN2O2/c1-10(16-13-6-4-12(15)5-7-13)11-2-8-14(9-3-11)17(18)19/h2-10,16H,1H3. The van der Waals surface area contributed by atoms with Gasteiger partial charge in [-0.3, -0.25) is 10.1 Å². The fraction of sp³-hybridized carbons (Fsp3) is 0.143. The van der Waals surface area contributed by atoms with Crippen LogP contribution < -0.4 is 5.32 Å². The summed E-state index contributed by atoms with van der Waals surface area (Å²) in [7, 11) is 0. The number of nitro benzene ring substituents is 1. The van der Waals surface area contributed by atoms with Gasteiger partial charge >= 0.3 is 0 Å². The second-order valence-corrected chi connectivity index (χ2v) is 5.14. The third-order valence-electron chi connectivity index (χ3n) is 2.83. The summed E-state index contributed by atoms with van der Waals surface area (Å²) in [5.74, 6) is 0. The molecule has 4 nitrogen and oxygen atoms in total. The van der Waals surface area contributed by atoms with E-state index < -0.39 is 4.92 Å². The number of benzene rings is 2. The van der Waals surface area contributed by atoms with Gasteiger partial charge in [-0.15, -0.1) is 0 Å². The van der Waals surface area contributed by atoms with E-state index in [4.69, 9.17) is 0 Å². The molecule has 0 radical (unpaired) electrons. The maximum atomic E-state index is 10.6. The van der Waals surface area contributed by atoms with Crippen molar-refractivity contribution in [1.29, 1.82) is 0 Å². The topological polar surface area (TPSA) is 55.2 Å². The molecule has 0 aliphatic carbocycles. The molecule has 5 heteroatoms. The molecule has 0 amide bonds. The fourth-order valence-electron chi connectivity index (χ4n) is 1.76. The summed E-state index contributed by atoms with van der Waals surface area (Å²) in [5, 5.41) is 13.9. The van der Waals surface area contributed by atoms with E-state index in [1.807, 2.05) is 31.2 Å². The molecule has 0 saturated heterocycles. The second-order valence-electron chi connectivity index (χ2n) is 4.22. The first-order chi connectivity index (χ1) is 9.06. The molecule has 0 aliphatic rings. The first-order valence-electron chi connectivity index (χ1n) is 5.83. The summed E-state index contributed by atoms with van der Waals surface area (Å²) in [6.07, 6.45) is 0. The number of non-ortho nitro benzene ring substituents is 1. The van der Waals surface area contributed by atoms with Crippen LogP contribution in [0.1, 0.15) is 18.5 Å². The lowest BCUT2D eigenvalue weighted by Crippen LogP contribution is -2.06. The van der Waals surface area contributed by atoms with E-state index in [-0.39, 0.29) is 11.7 Å². The SMILES string of the molecule is CC(Nc1ccc(Br)cc1)c1ccc([N+](=O)[O-])cc1. The minimum atomic E-state index is -0.392. The fourth-order valence-corrected chi connectivity index (χ4v) is 2.03. The van der Waals surface area contributed by atoms with Gasteiger partial charge < -0.3 is 5.32 Å². The van der Waals surface area contributed by atoms with E-state index in [2.05, 4.69) is 21.2 Å². The van der Waals surface area contributed by atoms with Crippen LogP contribution in [0.25, 0.3) is 0 Å². The molecule has 2 aromatic carbocycles. The third-order valence-corrected chi connectivity index (χ3v) is 3.36. The van der Waals surface area contributed by atoms with Gasteiger partial charge in [0.05, 0.1) is 4.92 Å². The molecule has 0 fully saturated rings. The van der Waals surface area contributed by atoms with Gasteiger partial charge in [-0.2, -0.15) is 0 Å². The van der Waals surface area contributed by atoms with Crippen LogP contribution in [0.5, 0.6) is 0 Å². The van der Waals surface area contributed by atoms with E-state index in [1.54, 1.807) is 12.1 Å². The van der Waals surface area contributed by atoms with Crippen molar-refractivity contribution in [2.75, 3.05) is 5.32 Å². The van der Waals surface area contributed by atoms with Crippen molar-refractivity contribution in [2.45, 2.75) is 13.0 Å². The Labute approximate surface area is 119 Å².